The third-order valence-electron chi connectivity index (χ3n) is 4.36. The number of nitrogens with one attached hydrogen (secondary N) is 1. The van der Waals surface area contributed by atoms with Crippen molar-refractivity contribution in [2.24, 2.45) is 0 Å². The fraction of sp³-hybridized carbons (Fsp3) is 0.190. The van der Waals surface area contributed by atoms with E-state index in [1.807, 2.05) is 61.0 Å². The van der Waals surface area contributed by atoms with E-state index in [9.17, 15) is 4.79 Å². The van der Waals surface area contributed by atoms with E-state index in [0.29, 0.717) is 12.3 Å². The normalized spacial score (nSPS) is 11.0. The van der Waals surface area contributed by atoms with Gasteiger partial charge < -0.3 is 10.1 Å². The highest BCUT2D eigenvalue weighted by Crippen LogP contribution is 2.28. The summed E-state index contributed by atoms with van der Waals surface area (Å²) in [6, 6.07) is 13.8. The zero-order chi connectivity index (χ0) is 20.2. The van der Waals surface area contributed by atoms with Crippen LogP contribution in [0.15, 0.2) is 59.1 Å². The van der Waals surface area contributed by atoms with Crippen LogP contribution in [0.4, 0.5) is 0 Å². The number of benzene rings is 1. The number of nitrogens with zero attached hydrogens (tertiary/aromatic N) is 3. The highest BCUT2D eigenvalue weighted by Gasteiger charge is 2.14. The summed E-state index contributed by atoms with van der Waals surface area (Å²) in [6.07, 6.45) is 1.81. The van der Waals surface area contributed by atoms with Gasteiger partial charge in [-0.15, -0.1) is 11.3 Å². The van der Waals surface area contributed by atoms with E-state index in [1.54, 1.807) is 23.0 Å². The summed E-state index contributed by atoms with van der Waals surface area (Å²) in [5, 5.41) is 10.4. The first-order valence-corrected chi connectivity index (χ1v) is 10.9. The molecule has 3 aromatic heterocycles. The number of fused-ring (bicyclic) bond motifs is 1. The van der Waals surface area contributed by atoms with Crippen molar-refractivity contribution < 1.29 is 9.53 Å². The molecule has 0 aliphatic heterocycles. The van der Waals surface area contributed by atoms with Crippen LogP contribution in [0.2, 0.25) is 0 Å². The summed E-state index contributed by atoms with van der Waals surface area (Å²) in [6.45, 7) is 2.51. The van der Waals surface area contributed by atoms with Gasteiger partial charge in [-0.3, -0.25) is 4.79 Å². The van der Waals surface area contributed by atoms with E-state index in [4.69, 9.17) is 4.74 Å². The van der Waals surface area contributed by atoms with Crippen LogP contribution in [0.25, 0.3) is 16.8 Å². The highest BCUT2D eigenvalue weighted by atomic mass is 32.2. The molecule has 3 heterocycles. The molecule has 0 aliphatic carbocycles. The molecule has 1 aromatic carbocycles. The first-order valence-electron chi connectivity index (χ1n) is 9.06. The Morgan fingerprint density at radius 1 is 1.28 bits per heavy atom. The van der Waals surface area contributed by atoms with E-state index in [-0.39, 0.29) is 5.91 Å². The summed E-state index contributed by atoms with van der Waals surface area (Å²) in [4.78, 5) is 18.0. The van der Waals surface area contributed by atoms with E-state index < -0.39 is 0 Å². The Balaban J connectivity index is 1.52. The van der Waals surface area contributed by atoms with E-state index in [2.05, 4.69) is 15.4 Å². The minimum absolute atomic E-state index is 0.00597. The van der Waals surface area contributed by atoms with Gasteiger partial charge in [-0.25, -0.2) is 9.50 Å². The third-order valence-corrected chi connectivity index (χ3v) is 6.23. The SMILES string of the molecule is COc1ccc(-c2cnn3c(SCC(=O)NCc4cccs4)cc(C)nc23)cc1. The second-order valence-electron chi connectivity index (χ2n) is 6.40. The number of ether oxygens (including phenoxy) is 1. The monoisotopic (exact) mass is 424 g/mol. The lowest BCUT2D eigenvalue weighted by molar-refractivity contribution is -0.118. The molecule has 0 unspecified atom stereocenters. The van der Waals surface area contributed by atoms with Gasteiger partial charge in [0.2, 0.25) is 5.91 Å². The summed E-state index contributed by atoms with van der Waals surface area (Å²) >= 11 is 3.09. The Labute approximate surface area is 176 Å². The second kappa shape index (κ2) is 8.67. The Morgan fingerprint density at radius 2 is 2.10 bits per heavy atom. The number of amides is 1. The van der Waals surface area contributed by atoms with Crippen molar-refractivity contribution in [2.75, 3.05) is 12.9 Å². The third kappa shape index (κ3) is 4.44. The van der Waals surface area contributed by atoms with Crippen LogP contribution >= 0.6 is 23.1 Å². The maximum atomic E-state index is 12.2. The fourth-order valence-corrected chi connectivity index (χ4v) is 4.45. The van der Waals surface area contributed by atoms with Gasteiger partial charge >= 0.3 is 0 Å². The molecule has 0 bridgehead atoms. The average Bonchev–Trinajstić information content (AvgIpc) is 3.40. The number of carbonyl (C=O) groups is 1. The second-order valence-corrected chi connectivity index (χ2v) is 8.43. The Hall–Kier alpha value is -2.84. The highest BCUT2D eigenvalue weighted by molar-refractivity contribution is 7.99. The number of carbonyl (C=O) groups excluding carboxylic acids is 1. The van der Waals surface area contributed by atoms with Crippen LogP contribution in [-0.4, -0.2) is 33.4 Å². The molecule has 0 saturated heterocycles. The molecular formula is C21H20N4O2S2. The number of hydrogen-bond donors (Lipinski definition) is 1. The summed E-state index contributed by atoms with van der Waals surface area (Å²) in [5.74, 6) is 1.12. The summed E-state index contributed by atoms with van der Waals surface area (Å²) in [7, 11) is 1.65. The Bertz CT molecular complexity index is 1120. The van der Waals surface area contributed by atoms with Crippen LogP contribution in [0.5, 0.6) is 5.75 Å². The molecule has 6 nitrogen and oxygen atoms in total. The van der Waals surface area contributed by atoms with Crippen LogP contribution in [0.3, 0.4) is 0 Å². The predicted molar refractivity (Wildman–Crippen MR) is 117 cm³/mol. The quantitative estimate of drug-likeness (QED) is 0.356. The number of aromatic nitrogens is 3. The first-order chi connectivity index (χ1) is 14.1. The van der Waals surface area contributed by atoms with Gasteiger partial charge in [-0.2, -0.15) is 5.10 Å². The van der Waals surface area contributed by atoms with Gasteiger partial charge in [0.15, 0.2) is 5.65 Å². The zero-order valence-electron chi connectivity index (χ0n) is 16.1. The molecule has 0 atom stereocenters. The lowest BCUT2D eigenvalue weighted by Gasteiger charge is -2.08. The fourth-order valence-electron chi connectivity index (χ4n) is 2.92. The van der Waals surface area contributed by atoms with Crippen molar-refractivity contribution >= 4 is 34.7 Å². The maximum Gasteiger partial charge on any atom is 0.230 e. The lowest BCUT2D eigenvalue weighted by Crippen LogP contribution is -2.24. The maximum absolute atomic E-state index is 12.2. The summed E-state index contributed by atoms with van der Waals surface area (Å²) < 4.78 is 7.03. The molecule has 4 aromatic rings. The van der Waals surface area contributed by atoms with Crippen molar-refractivity contribution in [2.45, 2.75) is 18.5 Å². The topological polar surface area (TPSA) is 68.5 Å². The molecule has 1 amide bonds. The van der Waals surface area contributed by atoms with Crippen LogP contribution in [-0.2, 0) is 11.3 Å². The number of thiophene rings is 1. The molecule has 0 aliphatic rings. The van der Waals surface area contributed by atoms with E-state index >= 15 is 0 Å². The molecule has 0 saturated carbocycles. The Kier molecular flexibility index (Phi) is 5.82. The predicted octanol–water partition coefficient (Wildman–Crippen LogP) is 4.18. The molecule has 29 heavy (non-hydrogen) atoms. The van der Waals surface area contributed by atoms with Crippen LogP contribution < -0.4 is 10.1 Å². The van der Waals surface area contributed by atoms with Gasteiger partial charge in [0, 0.05) is 16.1 Å². The number of methoxy groups -OCH3 is 1. The van der Waals surface area contributed by atoms with Crippen molar-refractivity contribution in [3.05, 3.63) is 64.6 Å². The molecular weight excluding hydrogens is 404 g/mol. The zero-order valence-corrected chi connectivity index (χ0v) is 17.7. The van der Waals surface area contributed by atoms with Crippen molar-refractivity contribution in [3.63, 3.8) is 0 Å². The standard InChI is InChI=1S/C21H20N4O2S2/c1-14-10-20(29-13-19(26)22-11-17-4-3-9-28-17)25-21(24-14)18(12-23-25)15-5-7-16(27-2)8-6-15/h3-10,12H,11,13H2,1-2H3,(H,22,26). The van der Waals surface area contributed by atoms with Gasteiger partial charge in [0.05, 0.1) is 25.6 Å². The molecule has 0 fully saturated rings. The summed E-state index contributed by atoms with van der Waals surface area (Å²) in [5.41, 5.74) is 3.62. The van der Waals surface area contributed by atoms with Gasteiger partial charge in [-0.05, 0) is 42.1 Å². The van der Waals surface area contributed by atoms with Gasteiger partial charge in [0.25, 0.3) is 0 Å². The molecule has 1 N–H and O–H groups in total. The van der Waals surface area contributed by atoms with Crippen LogP contribution in [0.1, 0.15) is 10.6 Å². The minimum Gasteiger partial charge on any atom is -0.497 e. The minimum atomic E-state index is -0.00597. The molecule has 0 radical (unpaired) electrons. The van der Waals surface area contributed by atoms with Gasteiger partial charge in [0.1, 0.15) is 10.8 Å². The Morgan fingerprint density at radius 3 is 2.83 bits per heavy atom. The largest absolute Gasteiger partial charge is 0.497 e. The molecule has 0 spiro atoms. The van der Waals surface area contributed by atoms with Crippen LogP contribution in [0, 0.1) is 6.92 Å². The van der Waals surface area contributed by atoms with Crippen molar-refractivity contribution in [1.82, 2.24) is 19.9 Å². The first kappa shape index (κ1) is 19.5. The number of aryl methyl sites for hydroxylation is 1. The molecule has 148 valence electrons. The van der Waals surface area contributed by atoms with Crippen molar-refractivity contribution in [3.8, 4) is 16.9 Å². The number of thioether (sulfide) groups is 1. The van der Waals surface area contributed by atoms with Gasteiger partial charge in [-0.1, -0.05) is 30.0 Å². The smallest absolute Gasteiger partial charge is 0.230 e. The lowest BCUT2D eigenvalue weighted by atomic mass is 10.1. The molecule has 4 rings (SSSR count). The van der Waals surface area contributed by atoms with Crippen molar-refractivity contribution in [1.29, 1.82) is 0 Å². The number of rotatable bonds is 7. The van der Waals surface area contributed by atoms with E-state index in [1.165, 1.54) is 11.8 Å². The number of hydrogen-bond acceptors (Lipinski definition) is 6. The average molecular weight is 425 g/mol. The van der Waals surface area contributed by atoms with E-state index in [0.717, 1.165) is 38.1 Å². The molecule has 8 heteroatoms.